The van der Waals surface area contributed by atoms with E-state index in [0.29, 0.717) is 0 Å². The Labute approximate surface area is 93.1 Å². The Hall–Kier alpha value is 0.0900. The molecule has 0 saturated carbocycles. The van der Waals surface area contributed by atoms with Crippen LogP contribution in [0, 0.1) is 0 Å². The number of carbonyl (C=O) groups excluding carboxylic acids is 1. The van der Waals surface area contributed by atoms with Crippen LogP contribution in [0.1, 0.15) is 13.8 Å². The number of nitrogens with one attached hydrogen (secondary N) is 1. The monoisotopic (exact) mass is 293 g/mol. The minimum atomic E-state index is -4.23. The molecule has 0 unspecified atom stereocenters. The summed E-state index contributed by atoms with van der Waals surface area (Å²) in [4.78, 5) is 11.1. The molecule has 0 atom stereocenters. The molecule has 0 radical (unpaired) electrons. The van der Waals surface area contributed by atoms with Crippen LogP contribution in [0.5, 0.6) is 0 Å². The Morgan fingerprint density at radius 2 is 1.93 bits per heavy atom. The third kappa shape index (κ3) is 7.49. The fourth-order valence-electron chi connectivity index (χ4n) is 0.542. The molecule has 0 aromatic carbocycles. The predicted octanol–water partition coefficient (Wildman–Crippen LogP) is 2.53. The molecule has 7 heteroatoms. The second-order valence-corrected chi connectivity index (χ2v) is 6.16. The van der Waals surface area contributed by atoms with E-state index < -0.39 is 9.83 Å². The maximum Gasteiger partial charge on any atom is 0.441 e. The lowest BCUT2D eigenvalue weighted by molar-refractivity contribution is -0.122. The number of rotatable bonds is 4. The van der Waals surface area contributed by atoms with Crippen molar-refractivity contribution in [3.63, 3.8) is 0 Å². The molecule has 84 valence electrons. The van der Waals surface area contributed by atoms with Gasteiger partial charge in [-0.1, -0.05) is 15.9 Å². The molecule has 0 saturated heterocycles. The third-order valence-corrected chi connectivity index (χ3v) is 2.29. The van der Waals surface area contributed by atoms with Crippen LogP contribution < -0.4 is 5.32 Å². The topological polar surface area (TPSA) is 29.1 Å². The van der Waals surface area contributed by atoms with E-state index in [4.69, 9.17) is 0 Å². The first-order valence-corrected chi connectivity index (χ1v) is 5.59. The highest BCUT2D eigenvalue weighted by Gasteiger charge is 2.28. The van der Waals surface area contributed by atoms with E-state index in [1.165, 1.54) is 0 Å². The van der Waals surface area contributed by atoms with Crippen molar-refractivity contribution >= 4 is 33.6 Å². The summed E-state index contributed by atoms with van der Waals surface area (Å²) in [5.41, 5.74) is -4.23. The maximum absolute atomic E-state index is 11.7. The van der Waals surface area contributed by atoms with Gasteiger partial charge in [0.05, 0.1) is 4.32 Å². The van der Waals surface area contributed by atoms with Gasteiger partial charge in [0.1, 0.15) is 0 Å². The average Bonchev–Trinajstić information content (AvgIpc) is 1.93. The van der Waals surface area contributed by atoms with Crippen LogP contribution in [0.4, 0.5) is 13.2 Å². The lowest BCUT2D eigenvalue weighted by Crippen LogP contribution is -2.38. The van der Waals surface area contributed by atoms with Gasteiger partial charge >= 0.3 is 5.51 Å². The molecular formula is C7H11BrF3NOS. The summed E-state index contributed by atoms with van der Waals surface area (Å²) in [6, 6.07) is 0. The number of amides is 1. The highest BCUT2D eigenvalue weighted by molar-refractivity contribution is 9.10. The van der Waals surface area contributed by atoms with Crippen LogP contribution >= 0.6 is 27.7 Å². The molecule has 0 rings (SSSR count). The molecule has 0 aliphatic carbocycles. The average molecular weight is 294 g/mol. The SMILES string of the molecule is CC(C)(Br)C(=O)NCCSC(F)(F)F. The summed E-state index contributed by atoms with van der Waals surface area (Å²) < 4.78 is 34.2. The number of hydrogen-bond acceptors (Lipinski definition) is 2. The largest absolute Gasteiger partial charge is 0.441 e. The lowest BCUT2D eigenvalue weighted by Gasteiger charge is -2.15. The zero-order valence-corrected chi connectivity index (χ0v) is 10.1. The smallest absolute Gasteiger partial charge is 0.354 e. The van der Waals surface area contributed by atoms with Gasteiger partial charge in [-0.25, -0.2) is 0 Å². The summed E-state index contributed by atoms with van der Waals surface area (Å²) in [6.45, 7) is 3.26. The van der Waals surface area contributed by atoms with E-state index in [1.54, 1.807) is 13.8 Å². The van der Waals surface area contributed by atoms with E-state index >= 15 is 0 Å². The van der Waals surface area contributed by atoms with Gasteiger partial charge in [-0.15, -0.1) is 0 Å². The molecule has 0 aromatic heterocycles. The quantitative estimate of drug-likeness (QED) is 0.637. The summed E-state index contributed by atoms with van der Waals surface area (Å²) in [7, 11) is 0. The van der Waals surface area contributed by atoms with Gasteiger partial charge < -0.3 is 5.32 Å². The molecule has 1 N–H and O–H groups in total. The standard InChI is InChI=1S/C7H11BrF3NOS/c1-6(2,8)5(13)12-3-4-14-7(9,10)11/h3-4H2,1-2H3,(H,12,13). The Kier molecular flexibility index (Phi) is 5.28. The fourth-order valence-corrected chi connectivity index (χ4v) is 1.12. The fraction of sp³-hybridized carbons (Fsp3) is 0.857. The van der Waals surface area contributed by atoms with E-state index in [0.717, 1.165) is 0 Å². The normalized spacial score (nSPS) is 12.7. The molecule has 1 amide bonds. The molecular weight excluding hydrogens is 283 g/mol. The second-order valence-electron chi connectivity index (χ2n) is 3.02. The number of carbonyl (C=O) groups is 1. The first kappa shape index (κ1) is 14.1. The molecule has 0 aliphatic heterocycles. The minimum Gasteiger partial charge on any atom is -0.354 e. The van der Waals surface area contributed by atoms with E-state index in [-0.39, 0.29) is 30.0 Å². The maximum atomic E-state index is 11.7. The van der Waals surface area contributed by atoms with Crippen molar-refractivity contribution < 1.29 is 18.0 Å². The summed E-state index contributed by atoms with van der Waals surface area (Å²) in [5.74, 6) is -0.488. The van der Waals surface area contributed by atoms with Gasteiger partial charge in [-0.2, -0.15) is 13.2 Å². The molecule has 14 heavy (non-hydrogen) atoms. The van der Waals surface area contributed by atoms with Crippen LogP contribution in [0.3, 0.4) is 0 Å². The third-order valence-electron chi connectivity index (χ3n) is 1.19. The summed E-state index contributed by atoms with van der Waals surface area (Å²) >= 11 is 2.95. The molecule has 0 aromatic rings. The van der Waals surface area contributed by atoms with E-state index in [1.807, 2.05) is 0 Å². The zero-order chi connectivity index (χ0) is 11.4. The van der Waals surface area contributed by atoms with Gasteiger partial charge in [-0.3, -0.25) is 4.79 Å². The van der Waals surface area contributed by atoms with Crippen molar-refractivity contribution in [3.8, 4) is 0 Å². The molecule has 2 nitrogen and oxygen atoms in total. The van der Waals surface area contributed by atoms with Crippen LogP contribution in [0.25, 0.3) is 0 Å². The van der Waals surface area contributed by atoms with Crippen LogP contribution in [-0.2, 0) is 4.79 Å². The van der Waals surface area contributed by atoms with Gasteiger partial charge in [0.15, 0.2) is 0 Å². The van der Waals surface area contributed by atoms with Gasteiger partial charge in [0.2, 0.25) is 5.91 Å². The second kappa shape index (κ2) is 5.25. The minimum absolute atomic E-state index is 0.0119. The van der Waals surface area contributed by atoms with E-state index in [2.05, 4.69) is 21.2 Å². The first-order valence-electron chi connectivity index (χ1n) is 3.81. The van der Waals surface area contributed by atoms with Crippen molar-refractivity contribution in [2.45, 2.75) is 23.7 Å². The highest BCUT2D eigenvalue weighted by Crippen LogP contribution is 2.29. The molecule has 0 spiro atoms. The zero-order valence-electron chi connectivity index (χ0n) is 7.74. The predicted molar refractivity (Wildman–Crippen MR) is 54.5 cm³/mol. The van der Waals surface area contributed by atoms with Gasteiger partial charge in [-0.05, 0) is 25.6 Å². The Morgan fingerprint density at radius 1 is 1.43 bits per heavy atom. The molecule has 0 heterocycles. The van der Waals surface area contributed by atoms with Crippen molar-refractivity contribution in [1.82, 2.24) is 5.32 Å². The lowest BCUT2D eigenvalue weighted by atomic mass is 10.2. The summed E-state index contributed by atoms with van der Waals surface area (Å²) in [5, 5.41) is 2.39. The van der Waals surface area contributed by atoms with Crippen LogP contribution in [0.2, 0.25) is 0 Å². The molecule has 0 aliphatic rings. The number of hydrogen-bond donors (Lipinski definition) is 1. The summed E-state index contributed by atoms with van der Waals surface area (Å²) in [6.07, 6.45) is 0. The number of alkyl halides is 4. The van der Waals surface area contributed by atoms with Crippen molar-refractivity contribution in [3.05, 3.63) is 0 Å². The van der Waals surface area contributed by atoms with Crippen molar-refractivity contribution in [1.29, 1.82) is 0 Å². The van der Waals surface area contributed by atoms with Gasteiger partial charge in [0, 0.05) is 12.3 Å². The van der Waals surface area contributed by atoms with Crippen molar-refractivity contribution in [2.75, 3.05) is 12.3 Å². The Morgan fingerprint density at radius 3 is 2.29 bits per heavy atom. The molecule has 0 fully saturated rings. The van der Waals surface area contributed by atoms with E-state index in [9.17, 15) is 18.0 Å². The first-order chi connectivity index (χ1) is 6.13. The Bertz CT molecular complexity index is 202. The highest BCUT2D eigenvalue weighted by atomic mass is 79.9. The van der Waals surface area contributed by atoms with Crippen LogP contribution in [0.15, 0.2) is 0 Å². The number of thioether (sulfide) groups is 1. The van der Waals surface area contributed by atoms with Gasteiger partial charge in [0.25, 0.3) is 0 Å². The van der Waals surface area contributed by atoms with Crippen molar-refractivity contribution in [2.24, 2.45) is 0 Å². The number of halogens is 4. The molecule has 0 bridgehead atoms. The Balaban J connectivity index is 3.62. The van der Waals surface area contributed by atoms with Crippen LogP contribution in [-0.4, -0.2) is 28.0 Å².